The number of carbonyl (C=O) groups excluding carboxylic acids is 1. The van der Waals surface area contributed by atoms with Gasteiger partial charge in [-0.2, -0.15) is 0 Å². The molecule has 2 rings (SSSR count). The van der Waals surface area contributed by atoms with Crippen LogP contribution in [0.1, 0.15) is 15.9 Å². The number of carbonyl (C=O) groups is 1. The standard InChI is InChI=1S/C11H9N5O/c12-16-15-3-1-2-8-4-10-9(7-17)6-14-11(10)13-5-8/h1-2,4-7H,3H2,(H,13,14). The van der Waals surface area contributed by atoms with Crippen LogP contribution in [0.25, 0.3) is 27.6 Å². The van der Waals surface area contributed by atoms with Crippen molar-refractivity contribution in [2.75, 3.05) is 6.54 Å². The summed E-state index contributed by atoms with van der Waals surface area (Å²) in [5, 5.41) is 4.17. The molecule has 2 aromatic rings. The second-order valence-electron chi connectivity index (χ2n) is 3.34. The van der Waals surface area contributed by atoms with Crippen LogP contribution >= 0.6 is 0 Å². The van der Waals surface area contributed by atoms with Crippen molar-refractivity contribution in [2.45, 2.75) is 0 Å². The number of rotatable bonds is 4. The van der Waals surface area contributed by atoms with Crippen molar-refractivity contribution >= 4 is 23.4 Å². The Morgan fingerprint density at radius 2 is 2.47 bits per heavy atom. The molecule has 2 heterocycles. The SMILES string of the molecule is [N-]=[N+]=NCC=Cc1cnc2[nH]cc(C=O)c2c1. The van der Waals surface area contributed by atoms with E-state index in [1.807, 2.05) is 6.07 Å². The van der Waals surface area contributed by atoms with Crippen molar-refractivity contribution in [1.29, 1.82) is 0 Å². The van der Waals surface area contributed by atoms with Crippen molar-refractivity contribution in [3.8, 4) is 0 Å². The summed E-state index contributed by atoms with van der Waals surface area (Å²) in [5.74, 6) is 0. The van der Waals surface area contributed by atoms with E-state index < -0.39 is 0 Å². The second-order valence-corrected chi connectivity index (χ2v) is 3.34. The molecule has 0 aromatic carbocycles. The van der Waals surface area contributed by atoms with Gasteiger partial charge in [-0.3, -0.25) is 4.79 Å². The molecular formula is C11H9N5O. The van der Waals surface area contributed by atoms with Crippen molar-refractivity contribution in [3.05, 3.63) is 46.1 Å². The van der Waals surface area contributed by atoms with Crippen LogP contribution < -0.4 is 0 Å². The number of fused-ring (bicyclic) bond motifs is 1. The molecule has 0 aliphatic heterocycles. The Kier molecular flexibility index (Phi) is 3.18. The number of H-pyrrole nitrogens is 1. The van der Waals surface area contributed by atoms with Gasteiger partial charge in [-0.1, -0.05) is 17.3 Å². The first-order valence-electron chi connectivity index (χ1n) is 4.95. The van der Waals surface area contributed by atoms with Crippen LogP contribution in [0.4, 0.5) is 0 Å². The fourth-order valence-electron chi connectivity index (χ4n) is 1.50. The molecular weight excluding hydrogens is 218 g/mol. The Balaban J connectivity index is 2.32. The van der Waals surface area contributed by atoms with Gasteiger partial charge in [0.15, 0.2) is 6.29 Å². The van der Waals surface area contributed by atoms with Gasteiger partial charge in [0.25, 0.3) is 0 Å². The minimum absolute atomic E-state index is 0.294. The molecule has 6 nitrogen and oxygen atoms in total. The highest BCUT2D eigenvalue weighted by molar-refractivity contribution is 5.96. The highest BCUT2D eigenvalue weighted by Crippen LogP contribution is 2.16. The van der Waals surface area contributed by atoms with E-state index in [1.54, 1.807) is 24.5 Å². The molecule has 0 fully saturated rings. The van der Waals surface area contributed by atoms with Crippen molar-refractivity contribution in [1.82, 2.24) is 9.97 Å². The van der Waals surface area contributed by atoms with Crippen LogP contribution in [0.15, 0.2) is 29.7 Å². The van der Waals surface area contributed by atoms with Crippen LogP contribution in [0.5, 0.6) is 0 Å². The maximum absolute atomic E-state index is 10.8. The number of pyridine rings is 1. The van der Waals surface area contributed by atoms with Gasteiger partial charge < -0.3 is 4.98 Å². The first-order chi connectivity index (χ1) is 8.35. The van der Waals surface area contributed by atoms with Crippen LogP contribution in [0, 0.1) is 0 Å². The van der Waals surface area contributed by atoms with Gasteiger partial charge in [0, 0.05) is 34.8 Å². The predicted octanol–water partition coefficient (Wildman–Crippen LogP) is 2.70. The molecule has 0 atom stereocenters. The molecule has 0 aliphatic carbocycles. The van der Waals surface area contributed by atoms with Crippen molar-refractivity contribution in [3.63, 3.8) is 0 Å². The minimum Gasteiger partial charge on any atom is -0.345 e. The maximum Gasteiger partial charge on any atom is 0.152 e. The number of hydrogen-bond donors (Lipinski definition) is 1. The molecule has 0 saturated heterocycles. The zero-order valence-electron chi connectivity index (χ0n) is 8.87. The summed E-state index contributed by atoms with van der Waals surface area (Å²) >= 11 is 0. The zero-order valence-corrected chi connectivity index (χ0v) is 8.87. The molecule has 0 unspecified atom stereocenters. The number of nitrogens with one attached hydrogen (secondary N) is 1. The number of hydrogen-bond acceptors (Lipinski definition) is 3. The second kappa shape index (κ2) is 4.96. The zero-order chi connectivity index (χ0) is 12.1. The van der Waals surface area contributed by atoms with Crippen LogP contribution in [-0.2, 0) is 0 Å². The Morgan fingerprint density at radius 1 is 1.59 bits per heavy atom. The van der Waals surface area contributed by atoms with Gasteiger partial charge >= 0.3 is 0 Å². The summed E-state index contributed by atoms with van der Waals surface area (Å²) in [6, 6.07) is 1.86. The Hall–Kier alpha value is -2.59. The Labute approximate surface area is 96.6 Å². The third kappa shape index (κ3) is 2.32. The lowest BCUT2D eigenvalue weighted by Gasteiger charge is -1.94. The molecule has 0 radical (unpaired) electrons. The summed E-state index contributed by atoms with van der Waals surface area (Å²) in [5.41, 5.74) is 10.2. The topological polar surface area (TPSA) is 94.5 Å². The lowest BCUT2D eigenvalue weighted by Crippen LogP contribution is -1.81. The molecule has 0 aliphatic rings. The van der Waals surface area contributed by atoms with Gasteiger partial charge in [0.2, 0.25) is 0 Å². The lowest BCUT2D eigenvalue weighted by molar-refractivity contribution is 0.112. The lowest BCUT2D eigenvalue weighted by atomic mass is 10.2. The average molecular weight is 227 g/mol. The number of azide groups is 1. The third-order valence-corrected chi connectivity index (χ3v) is 2.27. The molecule has 1 N–H and O–H groups in total. The van der Waals surface area contributed by atoms with Crippen LogP contribution in [0.2, 0.25) is 0 Å². The molecule has 0 bridgehead atoms. The fourth-order valence-corrected chi connectivity index (χ4v) is 1.50. The maximum atomic E-state index is 10.8. The Bertz CT molecular complexity index is 622. The van der Waals surface area contributed by atoms with E-state index in [1.165, 1.54) is 0 Å². The van der Waals surface area contributed by atoms with Gasteiger partial charge in [-0.05, 0) is 17.2 Å². The third-order valence-electron chi connectivity index (χ3n) is 2.27. The first-order valence-corrected chi connectivity index (χ1v) is 4.95. The summed E-state index contributed by atoms with van der Waals surface area (Å²) in [6.45, 7) is 0.294. The largest absolute Gasteiger partial charge is 0.345 e. The quantitative estimate of drug-likeness (QED) is 0.376. The highest BCUT2D eigenvalue weighted by Gasteiger charge is 2.03. The summed E-state index contributed by atoms with van der Waals surface area (Å²) in [6.07, 6.45) is 7.62. The van der Waals surface area contributed by atoms with Crippen molar-refractivity contribution in [2.24, 2.45) is 5.11 Å². The minimum atomic E-state index is 0.294. The smallest absolute Gasteiger partial charge is 0.152 e. The van der Waals surface area contributed by atoms with Crippen LogP contribution in [-0.4, -0.2) is 22.8 Å². The van der Waals surface area contributed by atoms with Gasteiger partial charge in [0.05, 0.1) is 0 Å². The van der Waals surface area contributed by atoms with E-state index in [9.17, 15) is 4.79 Å². The van der Waals surface area contributed by atoms with E-state index in [-0.39, 0.29) is 0 Å². The van der Waals surface area contributed by atoms with E-state index in [0.29, 0.717) is 17.8 Å². The number of aromatic amines is 1. The molecule has 2 aromatic heterocycles. The van der Waals surface area contributed by atoms with E-state index in [4.69, 9.17) is 5.53 Å². The summed E-state index contributed by atoms with van der Waals surface area (Å²) < 4.78 is 0. The molecule has 84 valence electrons. The monoisotopic (exact) mass is 227 g/mol. The molecule has 0 amide bonds. The Morgan fingerprint density at radius 3 is 3.24 bits per heavy atom. The number of aldehydes is 1. The van der Waals surface area contributed by atoms with E-state index in [0.717, 1.165) is 17.2 Å². The van der Waals surface area contributed by atoms with E-state index >= 15 is 0 Å². The molecule has 0 saturated carbocycles. The number of aromatic nitrogens is 2. The van der Waals surface area contributed by atoms with Gasteiger partial charge in [0.1, 0.15) is 5.65 Å². The predicted molar refractivity (Wildman–Crippen MR) is 64.5 cm³/mol. The average Bonchev–Trinajstić information content (AvgIpc) is 2.77. The van der Waals surface area contributed by atoms with E-state index in [2.05, 4.69) is 20.0 Å². The summed E-state index contributed by atoms with van der Waals surface area (Å²) in [7, 11) is 0. The molecule has 0 spiro atoms. The van der Waals surface area contributed by atoms with Crippen molar-refractivity contribution < 1.29 is 4.79 Å². The molecule has 17 heavy (non-hydrogen) atoms. The first kappa shape index (κ1) is 10.9. The normalized spacial score (nSPS) is 10.6. The van der Waals surface area contributed by atoms with Gasteiger partial charge in [-0.15, -0.1) is 0 Å². The highest BCUT2D eigenvalue weighted by atomic mass is 16.1. The summed E-state index contributed by atoms with van der Waals surface area (Å²) in [4.78, 5) is 20.5. The fraction of sp³-hybridized carbons (Fsp3) is 0.0909. The van der Waals surface area contributed by atoms with Gasteiger partial charge in [-0.25, -0.2) is 4.98 Å². The van der Waals surface area contributed by atoms with Crippen LogP contribution in [0.3, 0.4) is 0 Å². The number of nitrogens with zero attached hydrogens (tertiary/aromatic N) is 4. The molecule has 6 heteroatoms.